The molecule has 0 aromatic heterocycles. The van der Waals surface area contributed by atoms with Crippen LogP contribution in [0, 0.1) is 6.92 Å². The van der Waals surface area contributed by atoms with Crippen molar-refractivity contribution in [3.05, 3.63) is 82.4 Å². The molecule has 0 saturated carbocycles. The van der Waals surface area contributed by atoms with Gasteiger partial charge in [-0.15, -0.1) is 0 Å². The highest BCUT2D eigenvalue weighted by molar-refractivity contribution is 5.96. The smallest absolute Gasteiger partial charge is 0.252 e. The van der Waals surface area contributed by atoms with Gasteiger partial charge in [0.15, 0.2) is 0 Å². The van der Waals surface area contributed by atoms with Crippen molar-refractivity contribution in [3.8, 4) is 0 Å². The third-order valence-electron chi connectivity index (χ3n) is 5.71. The molecule has 1 heterocycles. The molecule has 3 aromatic rings. The minimum atomic E-state index is -0.0522. The SMILES string of the molecule is Cc1ccc2cc1C(=O)NC(C)c1cc(cc3ccccc13)CCCCNC2. The van der Waals surface area contributed by atoms with E-state index < -0.39 is 0 Å². The number of carbonyl (C=O) groups excluding carboxylic acids is 1. The molecule has 0 fully saturated rings. The van der Waals surface area contributed by atoms with Crippen LogP contribution in [0.15, 0.2) is 54.6 Å². The van der Waals surface area contributed by atoms with Crippen molar-refractivity contribution >= 4 is 16.7 Å². The van der Waals surface area contributed by atoms with Gasteiger partial charge in [0.05, 0.1) is 6.04 Å². The van der Waals surface area contributed by atoms with E-state index in [1.807, 2.05) is 19.1 Å². The van der Waals surface area contributed by atoms with E-state index in [0.717, 1.165) is 49.0 Å². The zero-order chi connectivity index (χ0) is 19.5. The Balaban J connectivity index is 1.76. The third-order valence-corrected chi connectivity index (χ3v) is 5.71. The number of hydrogen-bond donors (Lipinski definition) is 2. The van der Waals surface area contributed by atoms with E-state index in [1.165, 1.54) is 21.9 Å². The van der Waals surface area contributed by atoms with Gasteiger partial charge in [0.1, 0.15) is 0 Å². The molecule has 1 aliphatic rings. The van der Waals surface area contributed by atoms with E-state index in [0.29, 0.717) is 0 Å². The second-order valence-corrected chi connectivity index (χ2v) is 7.88. The lowest BCUT2D eigenvalue weighted by Crippen LogP contribution is -2.27. The Kier molecular flexibility index (Phi) is 5.45. The van der Waals surface area contributed by atoms with Crippen LogP contribution in [0.2, 0.25) is 0 Å². The van der Waals surface area contributed by atoms with Crippen LogP contribution in [0.4, 0.5) is 0 Å². The lowest BCUT2D eigenvalue weighted by atomic mass is 9.94. The zero-order valence-electron chi connectivity index (χ0n) is 16.7. The number of amides is 1. The molecule has 1 unspecified atom stereocenters. The average Bonchev–Trinajstić information content (AvgIpc) is 2.70. The normalized spacial score (nSPS) is 18.2. The van der Waals surface area contributed by atoms with E-state index in [2.05, 4.69) is 60.0 Å². The van der Waals surface area contributed by atoms with Crippen molar-refractivity contribution < 1.29 is 4.79 Å². The fourth-order valence-electron chi connectivity index (χ4n) is 4.09. The monoisotopic (exact) mass is 372 g/mol. The van der Waals surface area contributed by atoms with Gasteiger partial charge in [0, 0.05) is 12.1 Å². The molecular weight excluding hydrogens is 344 g/mol. The van der Waals surface area contributed by atoms with Gasteiger partial charge in [0.25, 0.3) is 5.91 Å². The molecule has 4 rings (SSSR count). The van der Waals surface area contributed by atoms with E-state index in [9.17, 15) is 4.79 Å². The van der Waals surface area contributed by atoms with Crippen LogP contribution in [0.3, 0.4) is 0 Å². The highest BCUT2D eigenvalue weighted by Gasteiger charge is 2.17. The molecule has 3 heteroatoms. The molecule has 3 aromatic carbocycles. The van der Waals surface area contributed by atoms with Gasteiger partial charge in [-0.3, -0.25) is 4.79 Å². The maximum absolute atomic E-state index is 13.0. The van der Waals surface area contributed by atoms with Crippen molar-refractivity contribution in [2.45, 2.75) is 45.7 Å². The van der Waals surface area contributed by atoms with Gasteiger partial charge in [-0.05, 0) is 78.7 Å². The van der Waals surface area contributed by atoms with Crippen molar-refractivity contribution in [2.24, 2.45) is 0 Å². The number of nitrogens with one attached hydrogen (secondary N) is 2. The summed E-state index contributed by atoms with van der Waals surface area (Å²) in [6, 6.07) is 19.2. The summed E-state index contributed by atoms with van der Waals surface area (Å²) in [6.07, 6.45) is 3.37. The van der Waals surface area contributed by atoms with E-state index in [1.54, 1.807) is 0 Å². The Hall–Kier alpha value is -2.65. The number of rotatable bonds is 0. The minimum Gasteiger partial charge on any atom is -0.345 e. The fourth-order valence-corrected chi connectivity index (χ4v) is 4.09. The molecule has 144 valence electrons. The van der Waals surface area contributed by atoms with Crippen molar-refractivity contribution in [1.29, 1.82) is 0 Å². The maximum Gasteiger partial charge on any atom is 0.252 e. The number of fused-ring (bicyclic) bond motifs is 6. The topological polar surface area (TPSA) is 41.1 Å². The third kappa shape index (κ3) is 3.95. The molecule has 0 spiro atoms. The molecule has 0 aliphatic carbocycles. The van der Waals surface area contributed by atoms with Crippen LogP contribution in [-0.4, -0.2) is 12.5 Å². The van der Waals surface area contributed by atoms with Gasteiger partial charge < -0.3 is 10.6 Å². The van der Waals surface area contributed by atoms with Crippen LogP contribution in [0.1, 0.15) is 58.4 Å². The highest BCUT2D eigenvalue weighted by atomic mass is 16.1. The predicted molar refractivity (Wildman–Crippen MR) is 116 cm³/mol. The van der Waals surface area contributed by atoms with Gasteiger partial charge in [-0.1, -0.05) is 48.5 Å². The standard InChI is InChI=1S/C25H28N2O/c1-17-10-11-20-15-23(17)25(28)27-18(2)24-14-19(7-5-6-12-26-16-20)13-21-8-3-4-9-22(21)24/h3-4,8-11,13-15,18,26H,5-7,12,16H2,1-2H3,(H,27,28). The molecule has 4 bridgehead atoms. The first-order chi connectivity index (χ1) is 13.6. The minimum absolute atomic E-state index is 0.00351. The van der Waals surface area contributed by atoms with Crippen LogP contribution in [0.25, 0.3) is 10.8 Å². The highest BCUT2D eigenvalue weighted by Crippen LogP contribution is 2.27. The van der Waals surface area contributed by atoms with E-state index >= 15 is 0 Å². The molecule has 1 atom stereocenters. The number of aryl methyl sites for hydroxylation is 2. The van der Waals surface area contributed by atoms with Gasteiger partial charge in [-0.2, -0.15) is 0 Å². The molecule has 1 aliphatic heterocycles. The summed E-state index contributed by atoms with van der Waals surface area (Å²) < 4.78 is 0. The first-order valence-electron chi connectivity index (χ1n) is 10.2. The van der Waals surface area contributed by atoms with Crippen LogP contribution < -0.4 is 10.6 Å². The number of carbonyl (C=O) groups is 1. The summed E-state index contributed by atoms with van der Waals surface area (Å²) in [5.74, 6) is -0.00351. The number of benzene rings is 3. The van der Waals surface area contributed by atoms with Crippen molar-refractivity contribution in [1.82, 2.24) is 10.6 Å². The maximum atomic E-state index is 13.0. The Morgan fingerprint density at radius 3 is 2.71 bits per heavy atom. The van der Waals surface area contributed by atoms with Crippen LogP contribution in [0.5, 0.6) is 0 Å². The van der Waals surface area contributed by atoms with Crippen molar-refractivity contribution in [2.75, 3.05) is 6.54 Å². The predicted octanol–water partition coefficient (Wildman–Crippen LogP) is 5.07. The molecule has 3 nitrogen and oxygen atoms in total. The number of hydrogen-bond acceptors (Lipinski definition) is 2. The first kappa shape index (κ1) is 18.7. The second kappa shape index (κ2) is 8.15. The average molecular weight is 373 g/mol. The lowest BCUT2D eigenvalue weighted by molar-refractivity contribution is 0.0939. The summed E-state index contributed by atoms with van der Waals surface area (Å²) in [5, 5.41) is 9.22. The molecule has 0 saturated heterocycles. The molecule has 0 radical (unpaired) electrons. The fraction of sp³-hybridized carbons (Fsp3) is 0.320. The molecular formula is C25H28N2O. The largest absolute Gasteiger partial charge is 0.345 e. The molecule has 2 N–H and O–H groups in total. The van der Waals surface area contributed by atoms with Gasteiger partial charge >= 0.3 is 0 Å². The Morgan fingerprint density at radius 1 is 0.964 bits per heavy atom. The quantitative estimate of drug-likeness (QED) is 0.579. The van der Waals surface area contributed by atoms with Gasteiger partial charge in [0.2, 0.25) is 0 Å². The summed E-state index contributed by atoms with van der Waals surface area (Å²) in [4.78, 5) is 13.0. The zero-order valence-corrected chi connectivity index (χ0v) is 16.7. The first-order valence-corrected chi connectivity index (χ1v) is 10.2. The summed E-state index contributed by atoms with van der Waals surface area (Å²) in [6.45, 7) is 5.88. The Morgan fingerprint density at radius 2 is 1.82 bits per heavy atom. The van der Waals surface area contributed by atoms with E-state index in [4.69, 9.17) is 0 Å². The lowest BCUT2D eigenvalue weighted by Gasteiger charge is -2.19. The second-order valence-electron chi connectivity index (χ2n) is 7.88. The van der Waals surface area contributed by atoms with E-state index in [-0.39, 0.29) is 11.9 Å². The summed E-state index contributed by atoms with van der Waals surface area (Å²) in [5.41, 5.74) is 5.48. The Bertz CT molecular complexity index is 1010. The summed E-state index contributed by atoms with van der Waals surface area (Å²) in [7, 11) is 0. The van der Waals surface area contributed by atoms with Gasteiger partial charge in [-0.25, -0.2) is 0 Å². The van der Waals surface area contributed by atoms with Crippen LogP contribution in [-0.2, 0) is 13.0 Å². The van der Waals surface area contributed by atoms with Crippen LogP contribution >= 0.6 is 0 Å². The molecule has 1 amide bonds. The summed E-state index contributed by atoms with van der Waals surface area (Å²) >= 11 is 0. The Labute approximate surface area is 167 Å². The molecule has 28 heavy (non-hydrogen) atoms. The van der Waals surface area contributed by atoms with Crippen molar-refractivity contribution in [3.63, 3.8) is 0 Å².